The van der Waals surface area contributed by atoms with Crippen LogP contribution in [0.4, 0.5) is 5.69 Å². The fourth-order valence-corrected chi connectivity index (χ4v) is 3.44. The summed E-state index contributed by atoms with van der Waals surface area (Å²) in [5.41, 5.74) is 2.34. The second kappa shape index (κ2) is 7.32. The van der Waals surface area contributed by atoms with Crippen LogP contribution >= 0.6 is 0 Å². The summed E-state index contributed by atoms with van der Waals surface area (Å²) in [7, 11) is 0. The van der Waals surface area contributed by atoms with Gasteiger partial charge in [0.1, 0.15) is 0 Å². The number of carbonyl (C=O) groups excluding carboxylic acids is 2. The smallest absolute Gasteiger partial charge is 0.336 e. The van der Waals surface area contributed by atoms with Gasteiger partial charge in [0, 0.05) is 0 Å². The third-order valence-corrected chi connectivity index (χ3v) is 4.71. The molecule has 0 aromatic heterocycles. The summed E-state index contributed by atoms with van der Waals surface area (Å²) in [6.45, 7) is 8.02. The molecule has 0 unspecified atom stereocenters. The highest BCUT2D eigenvalue weighted by molar-refractivity contribution is 6.36. The maximum Gasteiger partial charge on any atom is 0.336 e. The number of benzene rings is 2. The van der Waals surface area contributed by atoms with Crippen molar-refractivity contribution in [3.8, 4) is 0 Å². The summed E-state index contributed by atoms with van der Waals surface area (Å²) in [4.78, 5) is 38.8. The Morgan fingerprint density at radius 2 is 1.41 bits per heavy atom. The van der Waals surface area contributed by atoms with Crippen molar-refractivity contribution in [1.82, 2.24) is 6.15 Å². The molecule has 0 saturated heterocycles. The number of para-hydroxylation sites is 1. The molecule has 2 amide bonds. The van der Waals surface area contributed by atoms with E-state index < -0.39 is 17.8 Å². The van der Waals surface area contributed by atoms with Crippen LogP contribution in [0.2, 0.25) is 0 Å². The highest BCUT2D eigenvalue weighted by atomic mass is 16.4. The fourth-order valence-electron chi connectivity index (χ4n) is 3.44. The van der Waals surface area contributed by atoms with Crippen LogP contribution in [0.3, 0.4) is 0 Å². The van der Waals surface area contributed by atoms with Crippen molar-refractivity contribution in [2.75, 3.05) is 4.90 Å². The zero-order valence-corrected chi connectivity index (χ0v) is 15.9. The molecule has 27 heavy (non-hydrogen) atoms. The summed E-state index contributed by atoms with van der Waals surface area (Å²) in [5.74, 6) is -2.05. The van der Waals surface area contributed by atoms with Gasteiger partial charge in [-0.2, -0.15) is 0 Å². The van der Waals surface area contributed by atoms with Gasteiger partial charge in [-0.3, -0.25) is 9.59 Å². The minimum absolute atomic E-state index is 0. The minimum atomic E-state index is -1.22. The highest BCUT2D eigenvalue weighted by Gasteiger charge is 2.41. The SMILES string of the molecule is CC(C)c1cccc(C(C)C)c1N1C(=O)c2cccc(C(=O)O)c2C1=O.N. The van der Waals surface area contributed by atoms with E-state index >= 15 is 0 Å². The quantitative estimate of drug-likeness (QED) is 0.767. The molecular formula is C21H24N2O4. The average molecular weight is 368 g/mol. The number of nitrogens with zero attached hydrogens (tertiary/aromatic N) is 1. The molecule has 142 valence electrons. The summed E-state index contributed by atoms with van der Waals surface area (Å²) >= 11 is 0. The number of fused-ring (bicyclic) bond motifs is 1. The number of anilines is 1. The molecule has 6 nitrogen and oxygen atoms in total. The number of hydrogen-bond acceptors (Lipinski definition) is 4. The van der Waals surface area contributed by atoms with E-state index in [2.05, 4.69) is 0 Å². The molecule has 2 aromatic rings. The molecule has 0 saturated carbocycles. The van der Waals surface area contributed by atoms with E-state index in [1.807, 2.05) is 45.9 Å². The average Bonchev–Trinajstić information content (AvgIpc) is 2.85. The Morgan fingerprint density at radius 1 is 0.889 bits per heavy atom. The molecule has 0 fully saturated rings. The Morgan fingerprint density at radius 3 is 1.89 bits per heavy atom. The van der Waals surface area contributed by atoms with E-state index in [-0.39, 0.29) is 34.7 Å². The molecule has 3 rings (SSSR count). The van der Waals surface area contributed by atoms with Crippen LogP contribution in [0, 0.1) is 0 Å². The lowest BCUT2D eigenvalue weighted by molar-refractivity contribution is 0.0692. The molecule has 1 heterocycles. The van der Waals surface area contributed by atoms with Crippen LogP contribution in [0.5, 0.6) is 0 Å². The Kier molecular flexibility index (Phi) is 5.51. The van der Waals surface area contributed by atoms with Crippen molar-refractivity contribution in [2.24, 2.45) is 0 Å². The molecule has 1 aliphatic heterocycles. The maximum atomic E-state index is 13.1. The van der Waals surface area contributed by atoms with Gasteiger partial charge in [0.05, 0.1) is 22.4 Å². The number of aromatic carboxylic acids is 1. The van der Waals surface area contributed by atoms with E-state index in [0.717, 1.165) is 16.0 Å². The van der Waals surface area contributed by atoms with E-state index in [4.69, 9.17) is 0 Å². The zero-order valence-electron chi connectivity index (χ0n) is 15.9. The lowest BCUT2D eigenvalue weighted by Gasteiger charge is -2.25. The van der Waals surface area contributed by atoms with Crippen LogP contribution in [0.25, 0.3) is 0 Å². The maximum absolute atomic E-state index is 13.1. The molecule has 4 N–H and O–H groups in total. The lowest BCUT2D eigenvalue weighted by Crippen LogP contribution is -2.32. The van der Waals surface area contributed by atoms with Gasteiger partial charge in [-0.1, -0.05) is 52.0 Å². The minimum Gasteiger partial charge on any atom is -0.478 e. The first kappa shape index (κ1) is 20.3. The Labute approximate surface area is 158 Å². The number of imide groups is 1. The van der Waals surface area contributed by atoms with Crippen LogP contribution in [0.15, 0.2) is 36.4 Å². The van der Waals surface area contributed by atoms with Gasteiger partial charge < -0.3 is 11.3 Å². The van der Waals surface area contributed by atoms with Gasteiger partial charge in [-0.25, -0.2) is 9.69 Å². The Bertz CT molecular complexity index is 906. The molecule has 0 radical (unpaired) electrons. The first-order valence-corrected chi connectivity index (χ1v) is 8.63. The van der Waals surface area contributed by atoms with Crippen molar-refractivity contribution >= 4 is 23.5 Å². The van der Waals surface area contributed by atoms with Crippen molar-refractivity contribution in [3.63, 3.8) is 0 Å². The molecule has 0 bridgehead atoms. The third-order valence-electron chi connectivity index (χ3n) is 4.71. The number of carbonyl (C=O) groups is 3. The van der Waals surface area contributed by atoms with Crippen molar-refractivity contribution < 1.29 is 19.5 Å². The van der Waals surface area contributed by atoms with Crippen LogP contribution < -0.4 is 11.1 Å². The van der Waals surface area contributed by atoms with E-state index in [0.29, 0.717) is 5.69 Å². The standard InChI is InChI=1S/C21H21NO4.H3N/c1-11(2)13-7-5-8-14(12(3)4)18(13)22-19(23)15-9-6-10-16(21(25)26)17(15)20(22)24;/h5-12H,1-4H3,(H,25,26);1H3. The summed E-state index contributed by atoms with van der Waals surface area (Å²) in [6, 6.07) is 10.1. The molecule has 1 aliphatic rings. The highest BCUT2D eigenvalue weighted by Crippen LogP contribution is 2.40. The molecule has 0 spiro atoms. The van der Waals surface area contributed by atoms with Gasteiger partial charge in [-0.15, -0.1) is 0 Å². The first-order valence-electron chi connectivity index (χ1n) is 8.63. The Balaban J connectivity index is 0.00000261. The molecule has 0 atom stereocenters. The molecule has 2 aromatic carbocycles. The summed E-state index contributed by atoms with van der Waals surface area (Å²) in [6.07, 6.45) is 0. The summed E-state index contributed by atoms with van der Waals surface area (Å²) in [5, 5.41) is 9.41. The molecule has 0 aliphatic carbocycles. The third kappa shape index (κ3) is 3.13. The topological polar surface area (TPSA) is 110 Å². The van der Waals surface area contributed by atoms with Gasteiger partial charge in [0.2, 0.25) is 0 Å². The van der Waals surface area contributed by atoms with E-state index in [1.54, 1.807) is 0 Å². The van der Waals surface area contributed by atoms with Crippen LogP contribution in [-0.2, 0) is 0 Å². The molecular weight excluding hydrogens is 344 g/mol. The molecule has 6 heteroatoms. The Hall–Kier alpha value is -2.99. The number of carboxylic acids is 1. The van der Waals surface area contributed by atoms with Gasteiger partial charge in [0.15, 0.2) is 0 Å². The largest absolute Gasteiger partial charge is 0.478 e. The number of carboxylic acid groups (broad SMARTS) is 1. The van der Waals surface area contributed by atoms with Crippen molar-refractivity contribution in [1.29, 1.82) is 0 Å². The van der Waals surface area contributed by atoms with E-state index in [1.165, 1.54) is 18.2 Å². The van der Waals surface area contributed by atoms with Gasteiger partial charge >= 0.3 is 5.97 Å². The van der Waals surface area contributed by atoms with Crippen LogP contribution in [0.1, 0.15) is 81.7 Å². The van der Waals surface area contributed by atoms with Crippen molar-refractivity contribution in [2.45, 2.75) is 39.5 Å². The van der Waals surface area contributed by atoms with Crippen molar-refractivity contribution in [3.05, 3.63) is 64.2 Å². The van der Waals surface area contributed by atoms with E-state index in [9.17, 15) is 19.5 Å². The zero-order chi connectivity index (χ0) is 19.2. The fraction of sp³-hybridized carbons (Fsp3) is 0.286. The predicted octanol–water partition coefficient (Wildman–Crippen LogP) is 4.59. The van der Waals surface area contributed by atoms with Gasteiger partial charge in [-0.05, 0) is 35.1 Å². The number of hydrogen-bond donors (Lipinski definition) is 2. The number of amides is 2. The number of rotatable bonds is 4. The lowest BCUT2D eigenvalue weighted by atomic mass is 9.92. The van der Waals surface area contributed by atoms with Gasteiger partial charge in [0.25, 0.3) is 11.8 Å². The second-order valence-electron chi connectivity index (χ2n) is 7.07. The second-order valence-corrected chi connectivity index (χ2v) is 7.07. The monoisotopic (exact) mass is 368 g/mol. The summed E-state index contributed by atoms with van der Waals surface area (Å²) < 4.78 is 0. The van der Waals surface area contributed by atoms with Crippen LogP contribution in [-0.4, -0.2) is 22.9 Å². The normalized spacial score (nSPS) is 13.2. The predicted molar refractivity (Wildman–Crippen MR) is 104 cm³/mol. The first-order chi connectivity index (χ1) is 12.3.